The smallest absolute Gasteiger partial charge is 0.160 e. The van der Waals surface area contributed by atoms with Crippen LogP contribution in [-0.2, 0) is 0 Å². The molecule has 22 rings (SSSR count). The summed E-state index contributed by atoms with van der Waals surface area (Å²) in [5, 5.41) is 9.57. The molecule has 22 aromatic rings. The lowest BCUT2D eigenvalue weighted by molar-refractivity contribution is 1.13. The molecular formula is C103H67N9. The standard InChI is InChI=1S/C52H34N4.C51H33N5/c1-4-13-36(14-5-1)47-32-40(33-48(54-47)37-15-6-2-7-16-37)35-22-26-42(27-23-35)56-50-29-25-38(31-46(50)45-20-12-30-53-52(45)56)39-24-28-44-43-19-10-11-21-49(43)55(51(44)34-39)41-17-8-3-9-18-41;1-4-13-34(14-5-1)45-33-46(54-50(53-45)36-15-6-2-7-16-36)35-22-26-40(27-23-35)56-48-29-25-37(31-44(48)43-20-12-30-52-51(43)56)38-24-28-42-41-19-10-11-21-47(41)55(49(42)32-38)39-17-8-3-9-18-39/h1-34H;1-33H. The average Bonchev–Trinajstić information content (AvgIpc) is 1.61. The van der Waals surface area contributed by atoms with E-state index in [1.54, 1.807) is 0 Å². The summed E-state index contributed by atoms with van der Waals surface area (Å²) in [4.78, 5) is 25.0. The lowest BCUT2D eigenvalue weighted by Gasteiger charge is -2.12. The highest BCUT2D eigenvalue weighted by Gasteiger charge is 2.22. The van der Waals surface area contributed by atoms with Crippen LogP contribution in [0.25, 0.3) is 200 Å². The van der Waals surface area contributed by atoms with Crippen molar-refractivity contribution in [2.45, 2.75) is 0 Å². The van der Waals surface area contributed by atoms with Gasteiger partial charge >= 0.3 is 0 Å². The molecule has 0 bridgehead atoms. The summed E-state index contributed by atoms with van der Waals surface area (Å²) < 4.78 is 9.30. The third-order valence-electron chi connectivity index (χ3n) is 21.8. The molecule has 0 radical (unpaired) electrons. The van der Waals surface area contributed by atoms with Crippen LogP contribution >= 0.6 is 0 Å². The second-order valence-corrected chi connectivity index (χ2v) is 28.4. The molecule has 0 spiro atoms. The molecule has 0 unspecified atom stereocenters. The summed E-state index contributed by atoms with van der Waals surface area (Å²) in [6, 6.07) is 140. The maximum atomic E-state index is 5.08. The van der Waals surface area contributed by atoms with Gasteiger partial charge in [-0.3, -0.25) is 9.13 Å². The molecule has 0 saturated heterocycles. The molecule has 0 amide bonds. The molecule has 112 heavy (non-hydrogen) atoms. The van der Waals surface area contributed by atoms with Crippen molar-refractivity contribution in [3.05, 3.63) is 407 Å². The highest BCUT2D eigenvalue weighted by Crippen LogP contribution is 2.42. The Labute approximate surface area is 645 Å². The van der Waals surface area contributed by atoms with Gasteiger partial charge in [-0.2, -0.15) is 0 Å². The monoisotopic (exact) mass is 1430 g/mol. The summed E-state index contributed by atoms with van der Waals surface area (Å²) in [6.45, 7) is 0. The van der Waals surface area contributed by atoms with E-state index in [-0.39, 0.29) is 0 Å². The highest BCUT2D eigenvalue weighted by atomic mass is 15.1. The van der Waals surface area contributed by atoms with Crippen LogP contribution in [0.2, 0.25) is 0 Å². The Morgan fingerprint density at radius 3 is 0.911 bits per heavy atom. The number of benzene rings is 14. The van der Waals surface area contributed by atoms with Crippen LogP contribution in [0.3, 0.4) is 0 Å². The quantitative estimate of drug-likeness (QED) is 0.122. The molecular weight excluding hydrogens is 1360 g/mol. The molecule has 0 saturated carbocycles. The Balaban J connectivity index is 0.000000141. The molecule has 0 aliphatic carbocycles. The number of hydrogen-bond donors (Lipinski definition) is 0. The topological polar surface area (TPSA) is 84.2 Å². The summed E-state index contributed by atoms with van der Waals surface area (Å²) in [6.07, 6.45) is 3.76. The lowest BCUT2D eigenvalue weighted by Crippen LogP contribution is -1.97. The average molecular weight is 1430 g/mol. The number of fused-ring (bicyclic) bond motifs is 12. The first-order chi connectivity index (χ1) is 55.5. The Bertz CT molecular complexity index is 6760. The van der Waals surface area contributed by atoms with Crippen LogP contribution in [-0.4, -0.2) is 43.2 Å². The molecule has 9 heteroatoms. The van der Waals surface area contributed by atoms with Crippen molar-refractivity contribution in [1.82, 2.24) is 43.2 Å². The Hall–Kier alpha value is -15.2. The van der Waals surface area contributed by atoms with E-state index in [9.17, 15) is 0 Å². The lowest BCUT2D eigenvalue weighted by atomic mass is 9.99. The summed E-state index contributed by atoms with van der Waals surface area (Å²) >= 11 is 0. The molecule has 14 aromatic carbocycles. The molecule has 0 aliphatic rings. The first-order valence-corrected chi connectivity index (χ1v) is 37.8. The molecule has 0 atom stereocenters. The maximum Gasteiger partial charge on any atom is 0.160 e. The molecule has 8 heterocycles. The third kappa shape index (κ3) is 11.5. The second-order valence-electron chi connectivity index (χ2n) is 28.4. The van der Waals surface area contributed by atoms with E-state index in [0.29, 0.717) is 5.82 Å². The van der Waals surface area contributed by atoms with Gasteiger partial charge in [-0.25, -0.2) is 24.9 Å². The van der Waals surface area contributed by atoms with Crippen LogP contribution in [0.1, 0.15) is 0 Å². The minimum absolute atomic E-state index is 0.703. The van der Waals surface area contributed by atoms with Crippen LogP contribution in [0, 0.1) is 0 Å². The molecule has 524 valence electrons. The summed E-state index contributed by atoms with van der Waals surface area (Å²) in [5.74, 6) is 0.703. The predicted molar refractivity (Wildman–Crippen MR) is 463 cm³/mol. The number of para-hydroxylation sites is 4. The van der Waals surface area contributed by atoms with Gasteiger partial charge in [0.1, 0.15) is 11.3 Å². The van der Waals surface area contributed by atoms with E-state index >= 15 is 0 Å². The van der Waals surface area contributed by atoms with Gasteiger partial charge in [0.15, 0.2) is 5.82 Å². The van der Waals surface area contributed by atoms with E-state index in [1.165, 1.54) is 65.7 Å². The third-order valence-corrected chi connectivity index (χ3v) is 21.8. The molecule has 0 N–H and O–H groups in total. The minimum atomic E-state index is 0.703. The van der Waals surface area contributed by atoms with Crippen molar-refractivity contribution in [1.29, 1.82) is 0 Å². The van der Waals surface area contributed by atoms with Gasteiger partial charge in [-0.1, -0.05) is 255 Å². The van der Waals surface area contributed by atoms with Crippen molar-refractivity contribution >= 4 is 87.5 Å². The molecule has 9 nitrogen and oxygen atoms in total. The number of pyridine rings is 3. The predicted octanol–water partition coefficient (Wildman–Crippen LogP) is 26.1. The SMILES string of the molecule is c1ccc(-c2cc(-c3ccc(-n4c5ccc(-c6ccc7c8ccccc8n(-c8ccccc8)c7c6)cc5c5cccnc54)cc3)cc(-c3ccccc3)n2)cc1.c1ccc(-c2cc(-c3ccc(-n4c5ccc(-c6ccc7c8ccccc8n(-c8ccccc8)c7c6)cc5c5cccnc54)cc3)nc(-c3ccccc3)n2)cc1. The van der Waals surface area contributed by atoms with Crippen molar-refractivity contribution in [2.75, 3.05) is 0 Å². The second kappa shape index (κ2) is 27.5. The zero-order valence-electron chi connectivity index (χ0n) is 60.7. The minimum Gasteiger partial charge on any atom is -0.309 e. The fourth-order valence-corrected chi connectivity index (χ4v) is 16.4. The Kier molecular flexibility index (Phi) is 16.0. The zero-order valence-corrected chi connectivity index (χ0v) is 60.7. The van der Waals surface area contributed by atoms with Crippen molar-refractivity contribution in [3.8, 4) is 113 Å². The van der Waals surface area contributed by atoms with Crippen LogP contribution in [0.4, 0.5) is 0 Å². The van der Waals surface area contributed by atoms with Crippen LogP contribution in [0.15, 0.2) is 407 Å². The van der Waals surface area contributed by atoms with Crippen molar-refractivity contribution in [2.24, 2.45) is 0 Å². The summed E-state index contributed by atoms with van der Waals surface area (Å²) in [7, 11) is 0. The normalized spacial score (nSPS) is 11.6. The van der Waals surface area contributed by atoms with E-state index < -0.39 is 0 Å². The van der Waals surface area contributed by atoms with E-state index in [1.807, 2.05) is 73.1 Å². The van der Waals surface area contributed by atoms with E-state index in [4.69, 9.17) is 24.9 Å². The maximum absolute atomic E-state index is 5.08. The first-order valence-electron chi connectivity index (χ1n) is 37.8. The van der Waals surface area contributed by atoms with Gasteiger partial charge in [0, 0.05) is 106 Å². The number of rotatable bonds is 12. The van der Waals surface area contributed by atoms with Gasteiger partial charge < -0.3 is 9.13 Å². The van der Waals surface area contributed by atoms with Crippen molar-refractivity contribution < 1.29 is 0 Å². The summed E-state index contributed by atoms with van der Waals surface area (Å²) in [5.41, 5.74) is 29.1. The van der Waals surface area contributed by atoms with Crippen LogP contribution in [0.5, 0.6) is 0 Å². The fraction of sp³-hybridized carbons (Fsp3) is 0. The number of nitrogens with zero attached hydrogens (tertiary/aromatic N) is 9. The highest BCUT2D eigenvalue weighted by molar-refractivity contribution is 6.14. The Morgan fingerprint density at radius 1 is 0.161 bits per heavy atom. The molecule has 8 aromatic heterocycles. The molecule has 0 fully saturated rings. The van der Waals surface area contributed by atoms with Gasteiger partial charge in [-0.05, 0) is 173 Å². The van der Waals surface area contributed by atoms with Gasteiger partial charge in [-0.15, -0.1) is 0 Å². The van der Waals surface area contributed by atoms with Crippen LogP contribution < -0.4 is 0 Å². The largest absolute Gasteiger partial charge is 0.309 e. The van der Waals surface area contributed by atoms with E-state index in [0.717, 1.165) is 129 Å². The zero-order chi connectivity index (χ0) is 74.0. The van der Waals surface area contributed by atoms with Crippen molar-refractivity contribution in [3.63, 3.8) is 0 Å². The number of aromatic nitrogens is 9. The van der Waals surface area contributed by atoms with Gasteiger partial charge in [0.25, 0.3) is 0 Å². The molecule has 0 aliphatic heterocycles. The Morgan fingerprint density at radius 2 is 0.473 bits per heavy atom. The van der Waals surface area contributed by atoms with Gasteiger partial charge in [0.05, 0.1) is 55.9 Å². The van der Waals surface area contributed by atoms with Gasteiger partial charge in [0.2, 0.25) is 0 Å². The number of hydrogen-bond acceptors (Lipinski definition) is 5. The van der Waals surface area contributed by atoms with E-state index in [2.05, 4.69) is 352 Å². The first kappa shape index (κ1) is 65.1. The fourth-order valence-electron chi connectivity index (χ4n) is 16.4.